The van der Waals surface area contributed by atoms with E-state index in [9.17, 15) is 29.7 Å². The number of methoxy groups -OCH3 is 1. The van der Waals surface area contributed by atoms with E-state index in [1.54, 1.807) is 0 Å². The van der Waals surface area contributed by atoms with Crippen LogP contribution in [0.15, 0.2) is 30.8 Å². The Bertz CT molecular complexity index is 979. The molecule has 0 fully saturated rings. The fourth-order valence-electron chi connectivity index (χ4n) is 2.70. The fourth-order valence-corrected chi connectivity index (χ4v) is 2.97. The number of carbonyl (C=O) groups excluding carboxylic acids is 2. The van der Waals surface area contributed by atoms with Crippen molar-refractivity contribution in [1.82, 2.24) is 0 Å². The van der Waals surface area contributed by atoms with Crippen LogP contribution in [0.1, 0.15) is 43.8 Å². The molecule has 0 aromatic heterocycles. The normalized spacial score (nSPS) is 10.4. The second-order valence-electron chi connectivity index (χ2n) is 5.77. The topological polar surface area (TPSA) is 121 Å². The average molecular weight is 405 g/mol. The minimum Gasteiger partial charge on any atom is -0.507 e. The van der Waals surface area contributed by atoms with Gasteiger partial charge >= 0.3 is 11.9 Å². The number of carbonyl (C=O) groups is 3. The van der Waals surface area contributed by atoms with Crippen LogP contribution in [0.25, 0.3) is 6.08 Å². The number of esters is 1. The van der Waals surface area contributed by atoms with E-state index in [0.717, 1.165) is 6.08 Å². The Labute approximate surface area is 165 Å². The predicted molar refractivity (Wildman–Crippen MR) is 102 cm³/mol. The first-order valence-electron chi connectivity index (χ1n) is 8.06. The fraction of sp³-hybridized carbons (Fsp3) is 0.150. The average Bonchev–Trinajstić information content (AvgIpc) is 2.66. The van der Waals surface area contributed by atoms with Crippen LogP contribution in [0.5, 0.6) is 11.5 Å². The standard InChI is InChI=1S/C20H17ClO7/c1-3-11-17(23)10(7-8-15(22)28-2)9-13(18(11)24)19(25)16-12(20(26)27)5-4-6-14(16)21/h3-6,9,23-24H,1,7-8H2,2H3,(H,26,27). The van der Waals surface area contributed by atoms with Gasteiger partial charge in [0.05, 0.1) is 34.4 Å². The molecule has 0 bridgehead atoms. The monoisotopic (exact) mass is 404 g/mol. The number of benzene rings is 2. The van der Waals surface area contributed by atoms with Crippen LogP contribution >= 0.6 is 11.6 Å². The minimum absolute atomic E-state index is 0.0220. The molecule has 0 aliphatic rings. The molecule has 0 amide bonds. The molecular weight excluding hydrogens is 388 g/mol. The summed E-state index contributed by atoms with van der Waals surface area (Å²) < 4.78 is 4.56. The number of phenols is 2. The van der Waals surface area contributed by atoms with Gasteiger partial charge < -0.3 is 20.1 Å². The summed E-state index contributed by atoms with van der Waals surface area (Å²) in [4.78, 5) is 35.9. The van der Waals surface area contributed by atoms with E-state index >= 15 is 0 Å². The quantitative estimate of drug-likeness (QED) is 0.477. The number of carboxylic acids is 1. The van der Waals surface area contributed by atoms with E-state index in [1.807, 2.05) is 0 Å². The van der Waals surface area contributed by atoms with Crippen molar-refractivity contribution in [3.8, 4) is 11.5 Å². The zero-order chi connectivity index (χ0) is 21.0. The maximum absolute atomic E-state index is 13.0. The van der Waals surface area contributed by atoms with Gasteiger partial charge in [0.15, 0.2) is 5.78 Å². The van der Waals surface area contributed by atoms with Crippen molar-refractivity contribution in [2.75, 3.05) is 7.11 Å². The molecule has 0 heterocycles. The zero-order valence-electron chi connectivity index (χ0n) is 14.9. The van der Waals surface area contributed by atoms with Gasteiger partial charge in [-0.2, -0.15) is 0 Å². The van der Waals surface area contributed by atoms with E-state index in [-0.39, 0.29) is 51.4 Å². The molecular formula is C20H17ClO7. The number of aryl methyl sites for hydroxylation is 1. The van der Waals surface area contributed by atoms with Crippen LogP contribution in [0, 0.1) is 0 Å². The molecule has 2 aromatic rings. The summed E-state index contributed by atoms with van der Waals surface area (Å²) in [5.41, 5.74) is -0.837. The van der Waals surface area contributed by atoms with Gasteiger partial charge in [0, 0.05) is 6.42 Å². The van der Waals surface area contributed by atoms with Crippen molar-refractivity contribution >= 4 is 35.4 Å². The number of halogens is 1. The first-order valence-corrected chi connectivity index (χ1v) is 8.44. The number of hydrogen-bond donors (Lipinski definition) is 3. The number of aromatic carboxylic acids is 1. The molecule has 0 saturated heterocycles. The molecule has 0 radical (unpaired) electrons. The van der Waals surface area contributed by atoms with E-state index in [4.69, 9.17) is 11.6 Å². The SMILES string of the molecule is C=Cc1c(O)c(CCC(=O)OC)cc(C(=O)c2c(Cl)cccc2C(=O)O)c1O. The van der Waals surface area contributed by atoms with Gasteiger partial charge in [-0.1, -0.05) is 30.3 Å². The molecule has 146 valence electrons. The number of carboxylic acid groups (broad SMARTS) is 1. The Morgan fingerprint density at radius 1 is 1.18 bits per heavy atom. The molecule has 3 N–H and O–H groups in total. The van der Waals surface area contributed by atoms with Crippen LogP contribution in [0.3, 0.4) is 0 Å². The Morgan fingerprint density at radius 3 is 2.43 bits per heavy atom. The molecule has 8 heteroatoms. The lowest BCUT2D eigenvalue weighted by Gasteiger charge is -2.15. The van der Waals surface area contributed by atoms with Crippen LogP contribution < -0.4 is 0 Å². The first kappa shape index (κ1) is 21.0. The number of aromatic hydroxyl groups is 2. The molecule has 2 aromatic carbocycles. The second-order valence-corrected chi connectivity index (χ2v) is 6.18. The van der Waals surface area contributed by atoms with Crippen LogP contribution in [-0.4, -0.2) is 40.2 Å². The van der Waals surface area contributed by atoms with Crippen molar-refractivity contribution in [1.29, 1.82) is 0 Å². The Balaban J connectivity index is 2.65. The Morgan fingerprint density at radius 2 is 1.86 bits per heavy atom. The molecule has 0 aliphatic heterocycles. The highest BCUT2D eigenvalue weighted by Crippen LogP contribution is 2.38. The Hall–Kier alpha value is -3.32. The lowest BCUT2D eigenvalue weighted by molar-refractivity contribution is -0.140. The zero-order valence-corrected chi connectivity index (χ0v) is 15.6. The summed E-state index contributed by atoms with van der Waals surface area (Å²) in [6, 6.07) is 5.14. The maximum Gasteiger partial charge on any atom is 0.336 e. The number of hydrogen-bond acceptors (Lipinski definition) is 6. The first-order chi connectivity index (χ1) is 13.2. The lowest BCUT2D eigenvalue weighted by Crippen LogP contribution is -2.12. The van der Waals surface area contributed by atoms with Gasteiger partial charge in [-0.15, -0.1) is 0 Å². The molecule has 0 unspecified atom stereocenters. The highest BCUT2D eigenvalue weighted by Gasteiger charge is 2.26. The smallest absolute Gasteiger partial charge is 0.336 e. The maximum atomic E-state index is 13.0. The molecule has 2 rings (SSSR count). The molecule has 0 spiro atoms. The van der Waals surface area contributed by atoms with E-state index < -0.39 is 23.5 Å². The summed E-state index contributed by atoms with van der Waals surface area (Å²) in [6.07, 6.45) is 1.09. The minimum atomic E-state index is -1.36. The summed E-state index contributed by atoms with van der Waals surface area (Å²) in [5.74, 6) is -3.65. The highest BCUT2D eigenvalue weighted by molar-refractivity contribution is 6.36. The highest BCUT2D eigenvalue weighted by atomic mass is 35.5. The van der Waals surface area contributed by atoms with Crippen LogP contribution in [0.4, 0.5) is 0 Å². The van der Waals surface area contributed by atoms with Gasteiger partial charge in [0.2, 0.25) is 0 Å². The second kappa shape index (κ2) is 8.58. The molecule has 0 atom stereocenters. The molecule has 0 saturated carbocycles. The van der Waals surface area contributed by atoms with Gasteiger partial charge in [-0.25, -0.2) is 4.79 Å². The molecule has 7 nitrogen and oxygen atoms in total. The van der Waals surface area contributed by atoms with Crippen molar-refractivity contribution in [2.24, 2.45) is 0 Å². The van der Waals surface area contributed by atoms with Crippen LogP contribution in [0.2, 0.25) is 5.02 Å². The summed E-state index contributed by atoms with van der Waals surface area (Å²) in [6.45, 7) is 3.50. The van der Waals surface area contributed by atoms with Gasteiger partial charge in [-0.05, 0) is 30.2 Å². The van der Waals surface area contributed by atoms with E-state index in [1.165, 1.54) is 31.4 Å². The largest absolute Gasteiger partial charge is 0.507 e. The lowest BCUT2D eigenvalue weighted by atomic mass is 9.92. The van der Waals surface area contributed by atoms with Gasteiger partial charge in [0.1, 0.15) is 11.5 Å². The summed E-state index contributed by atoms with van der Waals surface area (Å²) >= 11 is 6.04. The number of ketones is 1. The van der Waals surface area contributed by atoms with Gasteiger partial charge in [-0.3, -0.25) is 9.59 Å². The predicted octanol–water partition coefficient (Wildman–Crippen LogP) is 3.43. The van der Waals surface area contributed by atoms with Gasteiger partial charge in [0.25, 0.3) is 0 Å². The third-order valence-electron chi connectivity index (χ3n) is 4.13. The van der Waals surface area contributed by atoms with Crippen molar-refractivity contribution in [3.63, 3.8) is 0 Å². The van der Waals surface area contributed by atoms with E-state index in [0.29, 0.717) is 0 Å². The Kier molecular flexibility index (Phi) is 6.43. The molecule has 0 aliphatic carbocycles. The van der Waals surface area contributed by atoms with Crippen LogP contribution in [-0.2, 0) is 16.0 Å². The summed E-state index contributed by atoms with van der Waals surface area (Å²) in [5, 5.41) is 30.0. The molecule has 28 heavy (non-hydrogen) atoms. The van der Waals surface area contributed by atoms with Crippen molar-refractivity contribution in [2.45, 2.75) is 12.8 Å². The summed E-state index contributed by atoms with van der Waals surface area (Å²) in [7, 11) is 1.22. The van der Waals surface area contributed by atoms with Crippen molar-refractivity contribution < 1.29 is 34.4 Å². The number of rotatable bonds is 7. The third kappa shape index (κ3) is 3.99. The number of phenolic OH excluding ortho intramolecular Hbond substituents is 2. The van der Waals surface area contributed by atoms with Crippen molar-refractivity contribution in [3.05, 3.63) is 63.7 Å². The number of ether oxygens (including phenoxy) is 1. The third-order valence-corrected chi connectivity index (χ3v) is 4.45. The van der Waals surface area contributed by atoms with E-state index in [2.05, 4.69) is 11.3 Å².